The van der Waals surface area contributed by atoms with Crippen molar-refractivity contribution in [2.24, 2.45) is 0 Å². The molecule has 3 aromatic heterocycles. The van der Waals surface area contributed by atoms with E-state index >= 15 is 0 Å². The van der Waals surface area contributed by atoms with Gasteiger partial charge < -0.3 is 0 Å². The van der Waals surface area contributed by atoms with Crippen molar-refractivity contribution >= 4 is 17.8 Å². The van der Waals surface area contributed by atoms with E-state index in [0.717, 1.165) is 11.1 Å². The fourth-order valence-corrected chi connectivity index (χ4v) is 2.84. The molecule has 5 heteroatoms. The Morgan fingerprint density at radius 3 is 2.69 bits per heavy atom. The van der Waals surface area contributed by atoms with Gasteiger partial charge in [0.2, 0.25) is 0 Å². The van der Waals surface area contributed by atoms with Gasteiger partial charge in [0, 0.05) is 30.7 Å². The highest BCUT2D eigenvalue weighted by Gasteiger charge is 2.06. The lowest BCUT2D eigenvalue weighted by atomic mass is 10.1. The van der Waals surface area contributed by atoms with Gasteiger partial charge in [0.05, 0.1) is 12.2 Å². The summed E-state index contributed by atoms with van der Waals surface area (Å²) in [5.74, 6) is 0. The van der Waals surface area contributed by atoms with Crippen LogP contribution in [0.1, 0.15) is 22.4 Å². The first kappa shape index (κ1) is 16.0. The number of rotatable bonds is 4. The lowest BCUT2D eigenvalue weighted by molar-refractivity contribution is 0.620. The van der Waals surface area contributed by atoms with E-state index in [2.05, 4.69) is 41.2 Å². The summed E-state index contributed by atoms with van der Waals surface area (Å²) in [7, 11) is 0. The molecule has 128 valence electrons. The molecule has 0 amide bonds. The molecular weight excluding hydrogens is 324 g/mol. The predicted octanol–water partition coefficient (Wildman–Crippen LogP) is 3.42. The third-order valence-electron chi connectivity index (χ3n) is 4.19. The average Bonchev–Trinajstić information content (AvgIpc) is 3.06. The van der Waals surface area contributed by atoms with Gasteiger partial charge in [0.1, 0.15) is 0 Å². The standard InChI is InChI=1S/C21H18N4O/c1-16-4-6-18(7-5-16)15-24-12-10-20-23-19(13-21(26)25(20)24)9-8-17-3-2-11-22-14-17/h2-14H,15H2,1H3/b9-8+. The Kier molecular flexibility index (Phi) is 4.19. The Morgan fingerprint density at radius 1 is 1.08 bits per heavy atom. The molecule has 0 aliphatic heterocycles. The Morgan fingerprint density at radius 2 is 1.92 bits per heavy atom. The molecule has 3 heterocycles. The molecule has 26 heavy (non-hydrogen) atoms. The van der Waals surface area contributed by atoms with Gasteiger partial charge in [-0.3, -0.25) is 14.5 Å². The van der Waals surface area contributed by atoms with Gasteiger partial charge in [0.15, 0.2) is 5.65 Å². The van der Waals surface area contributed by atoms with Crippen LogP contribution in [0.2, 0.25) is 0 Å². The zero-order valence-corrected chi connectivity index (χ0v) is 14.4. The SMILES string of the molecule is Cc1ccc(Cn2ccc3nc(/C=C/c4cccnc4)cc(=O)n32)cc1. The van der Waals surface area contributed by atoms with Crippen LogP contribution in [0.25, 0.3) is 17.8 Å². The van der Waals surface area contributed by atoms with Crippen molar-refractivity contribution in [1.82, 2.24) is 19.2 Å². The molecule has 0 radical (unpaired) electrons. The van der Waals surface area contributed by atoms with E-state index in [-0.39, 0.29) is 5.56 Å². The summed E-state index contributed by atoms with van der Waals surface area (Å²) < 4.78 is 3.48. The summed E-state index contributed by atoms with van der Waals surface area (Å²) in [5, 5.41) is 0. The van der Waals surface area contributed by atoms with Crippen molar-refractivity contribution in [3.05, 3.63) is 99.9 Å². The van der Waals surface area contributed by atoms with Crippen LogP contribution in [-0.4, -0.2) is 19.2 Å². The largest absolute Gasteiger partial charge is 0.279 e. The number of hydrogen-bond acceptors (Lipinski definition) is 3. The van der Waals surface area contributed by atoms with Crippen LogP contribution >= 0.6 is 0 Å². The van der Waals surface area contributed by atoms with Crippen molar-refractivity contribution in [3.63, 3.8) is 0 Å². The maximum Gasteiger partial charge on any atom is 0.273 e. The first-order valence-corrected chi connectivity index (χ1v) is 8.42. The van der Waals surface area contributed by atoms with Gasteiger partial charge in [-0.1, -0.05) is 42.0 Å². The van der Waals surface area contributed by atoms with Gasteiger partial charge in [-0.15, -0.1) is 0 Å². The fraction of sp³-hybridized carbons (Fsp3) is 0.0952. The molecule has 0 saturated carbocycles. The highest BCUT2D eigenvalue weighted by molar-refractivity contribution is 5.68. The van der Waals surface area contributed by atoms with Crippen molar-refractivity contribution in [1.29, 1.82) is 0 Å². The maximum atomic E-state index is 12.6. The third-order valence-corrected chi connectivity index (χ3v) is 4.19. The highest BCUT2D eigenvalue weighted by atomic mass is 16.1. The molecule has 0 N–H and O–H groups in total. The minimum atomic E-state index is -0.0991. The van der Waals surface area contributed by atoms with Crippen LogP contribution < -0.4 is 5.56 Å². The second-order valence-corrected chi connectivity index (χ2v) is 6.21. The Hall–Kier alpha value is -3.47. The summed E-state index contributed by atoms with van der Waals surface area (Å²) in [6, 6.07) is 15.5. The minimum Gasteiger partial charge on any atom is -0.279 e. The summed E-state index contributed by atoms with van der Waals surface area (Å²) in [6.07, 6.45) is 9.10. The first-order valence-electron chi connectivity index (χ1n) is 8.42. The predicted molar refractivity (Wildman–Crippen MR) is 103 cm³/mol. The Bertz CT molecular complexity index is 1120. The van der Waals surface area contributed by atoms with E-state index in [1.54, 1.807) is 23.0 Å². The summed E-state index contributed by atoms with van der Waals surface area (Å²) in [6.45, 7) is 2.68. The quantitative estimate of drug-likeness (QED) is 0.571. The summed E-state index contributed by atoms with van der Waals surface area (Å²) >= 11 is 0. The minimum absolute atomic E-state index is 0.0991. The van der Waals surface area contributed by atoms with Gasteiger partial charge in [0.25, 0.3) is 5.56 Å². The fourth-order valence-electron chi connectivity index (χ4n) is 2.84. The number of hydrogen-bond donors (Lipinski definition) is 0. The van der Waals surface area contributed by atoms with Crippen LogP contribution in [0.3, 0.4) is 0 Å². The molecule has 0 fully saturated rings. The van der Waals surface area contributed by atoms with Crippen molar-refractivity contribution in [2.75, 3.05) is 0 Å². The first-order chi connectivity index (χ1) is 12.7. The summed E-state index contributed by atoms with van der Waals surface area (Å²) in [4.78, 5) is 21.2. The molecule has 0 atom stereocenters. The monoisotopic (exact) mass is 342 g/mol. The van der Waals surface area contributed by atoms with Gasteiger partial charge in [-0.05, 0) is 30.2 Å². The lowest BCUT2D eigenvalue weighted by Gasteiger charge is -2.07. The van der Waals surface area contributed by atoms with Crippen LogP contribution in [0.15, 0.2) is 71.9 Å². The van der Waals surface area contributed by atoms with Crippen LogP contribution in [-0.2, 0) is 6.54 Å². The van der Waals surface area contributed by atoms with E-state index in [1.165, 1.54) is 5.56 Å². The number of aromatic nitrogens is 4. The highest BCUT2D eigenvalue weighted by Crippen LogP contribution is 2.09. The molecule has 0 aliphatic carbocycles. The Balaban J connectivity index is 1.66. The average molecular weight is 342 g/mol. The molecule has 0 saturated heterocycles. The van der Waals surface area contributed by atoms with Crippen LogP contribution in [0, 0.1) is 6.92 Å². The number of benzene rings is 1. The smallest absolute Gasteiger partial charge is 0.273 e. The van der Waals surface area contributed by atoms with Crippen molar-refractivity contribution < 1.29 is 0 Å². The zero-order chi connectivity index (χ0) is 17.9. The van der Waals surface area contributed by atoms with Gasteiger partial charge >= 0.3 is 0 Å². The van der Waals surface area contributed by atoms with E-state index in [1.807, 2.05) is 41.2 Å². The summed E-state index contributed by atoms with van der Waals surface area (Å²) in [5.41, 5.74) is 4.49. The molecular formula is C21H18N4O. The number of nitrogens with zero attached hydrogens (tertiary/aromatic N) is 4. The third kappa shape index (κ3) is 3.32. The molecule has 0 unspecified atom stereocenters. The second-order valence-electron chi connectivity index (χ2n) is 6.21. The lowest BCUT2D eigenvalue weighted by Crippen LogP contribution is -2.21. The van der Waals surface area contributed by atoms with Crippen molar-refractivity contribution in [3.8, 4) is 0 Å². The maximum absolute atomic E-state index is 12.6. The molecule has 4 aromatic rings. The van der Waals surface area contributed by atoms with E-state index < -0.39 is 0 Å². The normalized spacial score (nSPS) is 11.4. The number of pyridine rings is 1. The molecule has 5 nitrogen and oxygen atoms in total. The number of aryl methyl sites for hydroxylation is 1. The molecule has 0 bridgehead atoms. The van der Waals surface area contributed by atoms with Crippen molar-refractivity contribution in [2.45, 2.75) is 13.5 Å². The van der Waals surface area contributed by atoms with Gasteiger partial charge in [-0.2, -0.15) is 4.52 Å². The van der Waals surface area contributed by atoms with E-state index in [0.29, 0.717) is 17.9 Å². The van der Waals surface area contributed by atoms with Crippen LogP contribution in [0.5, 0.6) is 0 Å². The topological polar surface area (TPSA) is 52.2 Å². The number of fused-ring (bicyclic) bond motifs is 1. The van der Waals surface area contributed by atoms with E-state index in [4.69, 9.17) is 0 Å². The molecule has 0 spiro atoms. The van der Waals surface area contributed by atoms with Gasteiger partial charge in [-0.25, -0.2) is 4.98 Å². The van der Waals surface area contributed by atoms with Crippen LogP contribution in [0.4, 0.5) is 0 Å². The second kappa shape index (κ2) is 6.80. The Labute approximate surface area is 150 Å². The molecule has 4 rings (SSSR count). The zero-order valence-electron chi connectivity index (χ0n) is 14.4. The van der Waals surface area contributed by atoms with E-state index in [9.17, 15) is 4.79 Å². The molecule has 1 aromatic carbocycles. The molecule has 0 aliphatic rings.